The highest BCUT2D eigenvalue weighted by atomic mass is 16.5. The maximum atomic E-state index is 12.8. The van der Waals surface area contributed by atoms with Gasteiger partial charge in [0.2, 0.25) is 5.91 Å². The quantitative estimate of drug-likeness (QED) is 0.770. The molecule has 1 saturated carbocycles. The molecule has 1 aromatic carbocycles. The Kier molecular flexibility index (Phi) is 5.77. The van der Waals surface area contributed by atoms with Gasteiger partial charge in [0.15, 0.2) is 0 Å². The van der Waals surface area contributed by atoms with Crippen LogP contribution in [0.5, 0.6) is 0 Å². The van der Waals surface area contributed by atoms with Crippen molar-refractivity contribution < 1.29 is 14.3 Å². The number of hydrogen-bond acceptors (Lipinski definition) is 3. The molecule has 0 spiro atoms. The van der Waals surface area contributed by atoms with Crippen LogP contribution in [0.1, 0.15) is 43.2 Å². The highest BCUT2D eigenvalue weighted by Crippen LogP contribution is 2.36. The number of hydrogen-bond donors (Lipinski definition) is 0. The van der Waals surface area contributed by atoms with Crippen LogP contribution in [0.2, 0.25) is 0 Å². The lowest BCUT2D eigenvalue weighted by Crippen LogP contribution is -2.33. The third-order valence-corrected chi connectivity index (χ3v) is 5.89. The van der Waals surface area contributed by atoms with E-state index >= 15 is 0 Å². The highest BCUT2D eigenvalue weighted by Gasteiger charge is 2.37. The van der Waals surface area contributed by atoms with E-state index in [4.69, 9.17) is 4.74 Å². The first-order chi connectivity index (χ1) is 12.1. The molecule has 1 saturated heterocycles. The molecule has 2 aliphatic rings. The minimum absolute atomic E-state index is 0.108. The van der Waals surface area contributed by atoms with Gasteiger partial charge in [-0.15, -0.1) is 0 Å². The summed E-state index contributed by atoms with van der Waals surface area (Å²) >= 11 is 0. The maximum Gasteiger partial charge on any atom is 0.309 e. The zero-order valence-electron chi connectivity index (χ0n) is 15.4. The standard InChI is InChI=1S/C21H29NO3/c1-15-7-9-16(10-8-15)11-19(21(24)25-2)12-20(23)22-13-17-5-3-4-6-18(17)14-22/h7-10,17-19H,3-6,11-14H2,1-2H3. The summed E-state index contributed by atoms with van der Waals surface area (Å²) in [6.07, 6.45) is 5.89. The number of amides is 1. The van der Waals surface area contributed by atoms with E-state index in [1.165, 1.54) is 38.4 Å². The molecule has 1 aliphatic carbocycles. The van der Waals surface area contributed by atoms with Gasteiger partial charge in [-0.1, -0.05) is 42.7 Å². The minimum Gasteiger partial charge on any atom is -0.469 e. The molecule has 3 unspecified atom stereocenters. The molecule has 136 valence electrons. The van der Waals surface area contributed by atoms with Crippen LogP contribution in [0.25, 0.3) is 0 Å². The summed E-state index contributed by atoms with van der Waals surface area (Å²) in [6.45, 7) is 3.79. The van der Waals surface area contributed by atoms with Gasteiger partial charge in [-0.3, -0.25) is 9.59 Å². The summed E-state index contributed by atoms with van der Waals surface area (Å²) < 4.78 is 4.96. The zero-order valence-corrected chi connectivity index (χ0v) is 15.4. The van der Waals surface area contributed by atoms with Gasteiger partial charge in [0.1, 0.15) is 0 Å². The summed E-state index contributed by atoms with van der Waals surface area (Å²) in [5.74, 6) is 0.767. The van der Waals surface area contributed by atoms with Gasteiger partial charge in [0.05, 0.1) is 13.0 Å². The fraction of sp³-hybridized carbons (Fsp3) is 0.619. The topological polar surface area (TPSA) is 46.6 Å². The van der Waals surface area contributed by atoms with Gasteiger partial charge in [-0.2, -0.15) is 0 Å². The van der Waals surface area contributed by atoms with E-state index in [0.717, 1.165) is 18.7 Å². The van der Waals surface area contributed by atoms with Crippen molar-refractivity contribution in [3.8, 4) is 0 Å². The smallest absolute Gasteiger partial charge is 0.309 e. The Hall–Kier alpha value is -1.84. The van der Waals surface area contributed by atoms with E-state index in [0.29, 0.717) is 18.3 Å². The molecule has 1 amide bonds. The summed E-state index contributed by atoms with van der Waals surface area (Å²) in [5, 5.41) is 0. The average Bonchev–Trinajstić information content (AvgIpc) is 3.06. The second kappa shape index (κ2) is 8.03. The van der Waals surface area contributed by atoms with Crippen molar-refractivity contribution in [1.82, 2.24) is 4.90 Å². The van der Waals surface area contributed by atoms with Crippen molar-refractivity contribution in [3.63, 3.8) is 0 Å². The average molecular weight is 343 g/mol. The molecule has 1 aromatic rings. The van der Waals surface area contributed by atoms with Gasteiger partial charge in [0, 0.05) is 19.5 Å². The molecule has 0 radical (unpaired) electrons. The van der Waals surface area contributed by atoms with Crippen molar-refractivity contribution in [1.29, 1.82) is 0 Å². The highest BCUT2D eigenvalue weighted by molar-refractivity contribution is 5.83. The maximum absolute atomic E-state index is 12.8. The van der Waals surface area contributed by atoms with Crippen molar-refractivity contribution in [2.75, 3.05) is 20.2 Å². The first-order valence-corrected chi connectivity index (χ1v) is 9.48. The van der Waals surface area contributed by atoms with E-state index in [1.807, 2.05) is 36.1 Å². The largest absolute Gasteiger partial charge is 0.469 e. The van der Waals surface area contributed by atoms with E-state index < -0.39 is 5.92 Å². The van der Waals surface area contributed by atoms with Crippen LogP contribution < -0.4 is 0 Å². The number of esters is 1. The molecule has 3 atom stereocenters. The third-order valence-electron chi connectivity index (χ3n) is 5.89. The predicted octanol–water partition coefficient (Wildman–Crippen LogP) is 3.37. The summed E-state index contributed by atoms with van der Waals surface area (Å²) in [5.41, 5.74) is 2.26. The van der Waals surface area contributed by atoms with Gasteiger partial charge in [0.25, 0.3) is 0 Å². The Morgan fingerprint density at radius 3 is 2.28 bits per heavy atom. The fourth-order valence-electron chi connectivity index (χ4n) is 4.36. The second-order valence-corrected chi connectivity index (χ2v) is 7.72. The Balaban J connectivity index is 1.62. The molecule has 0 bridgehead atoms. The van der Waals surface area contributed by atoms with Crippen LogP contribution in [0.4, 0.5) is 0 Å². The van der Waals surface area contributed by atoms with Crippen LogP contribution in [-0.2, 0) is 20.7 Å². The van der Waals surface area contributed by atoms with Crippen molar-refractivity contribution in [3.05, 3.63) is 35.4 Å². The first kappa shape index (κ1) is 18.0. The first-order valence-electron chi connectivity index (χ1n) is 9.48. The number of likely N-dealkylation sites (tertiary alicyclic amines) is 1. The predicted molar refractivity (Wildman–Crippen MR) is 97.0 cm³/mol. The van der Waals surface area contributed by atoms with E-state index in [2.05, 4.69) is 0 Å². The fourth-order valence-corrected chi connectivity index (χ4v) is 4.36. The van der Waals surface area contributed by atoms with Crippen LogP contribution in [-0.4, -0.2) is 37.0 Å². The van der Waals surface area contributed by atoms with E-state index in [9.17, 15) is 9.59 Å². The number of benzene rings is 1. The molecular weight excluding hydrogens is 314 g/mol. The molecule has 1 aliphatic heterocycles. The molecular formula is C21H29NO3. The summed E-state index contributed by atoms with van der Waals surface area (Å²) in [6, 6.07) is 8.13. The number of carbonyl (C=O) groups is 2. The van der Waals surface area contributed by atoms with Gasteiger partial charge < -0.3 is 9.64 Å². The van der Waals surface area contributed by atoms with Gasteiger partial charge in [-0.05, 0) is 43.6 Å². The molecule has 1 heterocycles. The number of carbonyl (C=O) groups excluding carboxylic acids is 2. The molecule has 2 fully saturated rings. The monoisotopic (exact) mass is 343 g/mol. The number of fused-ring (bicyclic) bond motifs is 1. The number of ether oxygens (including phenoxy) is 1. The zero-order chi connectivity index (χ0) is 17.8. The normalized spacial score (nSPS) is 23.8. The summed E-state index contributed by atoms with van der Waals surface area (Å²) in [4.78, 5) is 27.0. The summed E-state index contributed by atoms with van der Waals surface area (Å²) in [7, 11) is 1.40. The Morgan fingerprint density at radius 1 is 1.12 bits per heavy atom. The van der Waals surface area contributed by atoms with Crippen molar-refractivity contribution in [2.45, 2.75) is 45.4 Å². The Bertz CT molecular complexity index is 596. The van der Waals surface area contributed by atoms with Gasteiger partial charge >= 0.3 is 5.97 Å². The van der Waals surface area contributed by atoms with Crippen molar-refractivity contribution in [2.24, 2.45) is 17.8 Å². The van der Waals surface area contributed by atoms with Crippen LogP contribution in [0, 0.1) is 24.7 Å². The van der Waals surface area contributed by atoms with Crippen LogP contribution in [0.3, 0.4) is 0 Å². The third kappa shape index (κ3) is 4.42. The lowest BCUT2D eigenvalue weighted by Gasteiger charge is -2.22. The second-order valence-electron chi connectivity index (χ2n) is 7.72. The van der Waals surface area contributed by atoms with Gasteiger partial charge in [-0.25, -0.2) is 0 Å². The van der Waals surface area contributed by atoms with Crippen molar-refractivity contribution >= 4 is 11.9 Å². The molecule has 0 aromatic heterocycles. The minimum atomic E-state index is -0.400. The van der Waals surface area contributed by atoms with E-state index in [1.54, 1.807) is 0 Å². The lowest BCUT2D eigenvalue weighted by molar-refractivity contribution is -0.148. The molecule has 3 rings (SSSR count). The molecule has 25 heavy (non-hydrogen) atoms. The number of nitrogens with zero attached hydrogens (tertiary/aromatic N) is 1. The lowest BCUT2D eigenvalue weighted by atomic mass is 9.82. The Labute approximate surface area is 150 Å². The number of rotatable bonds is 5. The SMILES string of the molecule is COC(=O)C(CC(=O)N1CC2CCCCC2C1)Cc1ccc(C)cc1. The number of methoxy groups -OCH3 is 1. The van der Waals surface area contributed by atoms with Crippen LogP contribution >= 0.6 is 0 Å². The molecule has 4 nitrogen and oxygen atoms in total. The molecule has 4 heteroatoms. The molecule has 0 N–H and O–H groups in total. The van der Waals surface area contributed by atoms with E-state index in [-0.39, 0.29) is 18.3 Å². The van der Waals surface area contributed by atoms with Crippen LogP contribution in [0.15, 0.2) is 24.3 Å². The Morgan fingerprint density at radius 2 is 1.72 bits per heavy atom. The number of aryl methyl sites for hydroxylation is 1.